The van der Waals surface area contributed by atoms with Crippen LogP contribution in [0.5, 0.6) is 5.75 Å². The van der Waals surface area contributed by atoms with Gasteiger partial charge < -0.3 is 4.74 Å². The van der Waals surface area contributed by atoms with Gasteiger partial charge in [0.2, 0.25) is 0 Å². The summed E-state index contributed by atoms with van der Waals surface area (Å²) in [6, 6.07) is 13.0. The first-order valence-corrected chi connectivity index (χ1v) is 7.42. The highest BCUT2D eigenvalue weighted by Gasteiger charge is 2.30. The highest BCUT2D eigenvalue weighted by Crippen LogP contribution is 2.30. The SMILES string of the molecule is Cc1ccc(C(=O)CC2COc3ccc(C)cc3C2=O)cc1. The van der Waals surface area contributed by atoms with Crippen LogP contribution < -0.4 is 4.74 Å². The fourth-order valence-corrected chi connectivity index (χ4v) is 2.68. The molecule has 2 aromatic carbocycles. The van der Waals surface area contributed by atoms with Gasteiger partial charge >= 0.3 is 0 Å². The van der Waals surface area contributed by atoms with Crippen molar-refractivity contribution < 1.29 is 14.3 Å². The Hall–Kier alpha value is -2.42. The summed E-state index contributed by atoms with van der Waals surface area (Å²) in [6.07, 6.45) is 0.190. The van der Waals surface area contributed by atoms with Gasteiger partial charge in [-0.2, -0.15) is 0 Å². The van der Waals surface area contributed by atoms with Crippen molar-refractivity contribution in [3.8, 4) is 5.75 Å². The summed E-state index contributed by atoms with van der Waals surface area (Å²) in [5.41, 5.74) is 3.36. The highest BCUT2D eigenvalue weighted by atomic mass is 16.5. The van der Waals surface area contributed by atoms with Crippen LogP contribution in [-0.4, -0.2) is 18.2 Å². The van der Waals surface area contributed by atoms with Crippen LogP contribution in [0, 0.1) is 19.8 Å². The van der Waals surface area contributed by atoms with Crippen LogP contribution >= 0.6 is 0 Å². The van der Waals surface area contributed by atoms with Gasteiger partial charge in [0.15, 0.2) is 11.6 Å². The molecule has 22 heavy (non-hydrogen) atoms. The van der Waals surface area contributed by atoms with Gasteiger partial charge in [-0.15, -0.1) is 0 Å². The van der Waals surface area contributed by atoms with Crippen molar-refractivity contribution in [1.29, 1.82) is 0 Å². The summed E-state index contributed by atoms with van der Waals surface area (Å²) in [5.74, 6) is 0.209. The zero-order chi connectivity index (χ0) is 15.7. The molecule has 0 aromatic heterocycles. The van der Waals surface area contributed by atoms with Gasteiger partial charge in [0.05, 0.1) is 18.1 Å². The maximum atomic E-state index is 12.6. The highest BCUT2D eigenvalue weighted by molar-refractivity contribution is 6.05. The molecule has 0 saturated heterocycles. The second-order valence-electron chi connectivity index (χ2n) is 5.87. The van der Waals surface area contributed by atoms with Crippen molar-refractivity contribution in [2.45, 2.75) is 20.3 Å². The van der Waals surface area contributed by atoms with Gasteiger partial charge in [0.1, 0.15) is 5.75 Å². The summed E-state index contributed by atoms with van der Waals surface area (Å²) in [7, 11) is 0. The average Bonchev–Trinajstić information content (AvgIpc) is 2.51. The van der Waals surface area contributed by atoms with Gasteiger partial charge in [0.25, 0.3) is 0 Å². The number of rotatable bonds is 3. The van der Waals surface area contributed by atoms with Crippen molar-refractivity contribution in [3.63, 3.8) is 0 Å². The molecule has 1 aliphatic heterocycles. The third-order valence-electron chi connectivity index (χ3n) is 4.02. The first kappa shape index (κ1) is 14.5. The summed E-state index contributed by atoms with van der Waals surface area (Å²) in [6.45, 7) is 4.19. The van der Waals surface area contributed by atoms with Crippen LogP contribution in [0.3, 0.4) is 0 Å². The lowest BCUT2D eigenvalue weighted by molar-refractivity contribution is 0.0768. The van der Waals surface area contributed by atoms with E-state index in [0.717, 1.165) is 11.1 Å². The molecule has 0 spiro atoms. The lowest BCUT2D eigenvalue weighted by Gasteiger charge is -2.24. The molecule has 2 aromatic rings. The Kier molecular flexibility index (Phi) is 3.80. The minimum absolute atomic E-state index is 0.00501. The molecule has 3 nitrogen and oxygen atoms in total. The summed E-state index contributed by atoms with van der Waals surface area (Å²) in [5, 5.41) is 0. The fourth-order valence-electron chi connectivity index (χ4n) is 2.68. The predicted molar refractivity (Wildman–Crippen MR) is 84.6 cm³/mol. The van der Waals surface area contributed by atoms with E-state index >= 15 is 0 Å². The van der Waals surface area contributed by atoms with E-state index in [0.29, 0.717) is 16.9 Å². The van der Waals surface area contributed by atoms with E-state index in [-0.39, 0.29) is 24.6 Å². The van der Waals surface area contributed by atoms with Crippen LogP contribution in [-0.2, 0) is 0 Å². The van der Waals surface area contributed by atoms with Crippen LogP contribution in [0.2, 0.25) is 0 Å². The van der Waals surface area contributed by atoms with E-state index in [1.54, 1.807) is 0 Å². The van der Waals surface area contributed by atoms with Crippen molar-refractivity contribution in [2.24, 2.45) is 5.92 Å². The number of fused-ring (bicyclic) bond motifs is 1. The number of aryl methyl sites for hydroxylation is 2. The second kappa shape index (κ2) is 5.76. The fraction of sp³-hybridized carbons (Fsp3) is 0.263. The molecule has 112 valence electrons. The first-order valence-electron chi connectivity index (χ1n) is 7.42. The molecule has 1 atom stereocenters. The minimum atomic E-state index is -0.400. The summed E-state index contributed by atoms with van der Waals surface area (Å²) < 4.78 is 5.64. The maximum Gasteiger partial charge on any atom is 0.173 e. The number of carbonyl (C=O) groups excluding carboxylic acids is 2. The van der Waals surface area contributed by atoms with Crippen LogP contribution in [0.4, 0.5) is 0 Å². The quantitative estimate of drug-likeness (QED) is 0.809. The molecule has 0 saturated carbocycles. The van der Waals surface area contributed by atoms with E-state index in [1.807, 2.05) is 56.3 Å². The van der Waals surface area contributed by atoms with Gasteiger partial charge in [-0.3, -0.25) is 9.59 Å². The average molecular weight is 294 g/mol. The Labute approximate surface area is 129 Å². The normalized spacial score (nSPS) is 16.8. The zero-order valence-corrected chi connectivity index (χ0v) is 12.8. The van der Waals surface area contributed by atoms with Gasteiger partial charge in [-0.25, -0.2) is 0 Å². The third kappa shape index (κ3) is 2.80. The zero-order valence-electron chi connectivity index (χ0n) is 12.8. The Bertz CT molecular complexity index is 729. The first-order chi connectivity index (χ1) is 10.5. The van der Waals surface area contributed by atoms with Gasteiger partial charge in [-0.1, -0.05) is 41.5 Å². The monoisotopic (exact) mass is 294 g/mol. The van der Waals surface area contributed by atoms with E-state index in [2.05, 4.69) is 0 Å². The summed E-state index contributed by atoms with van der Waals surface area (Å²) >= 11 is 0. The smallest absolute Gasteiger partial charge is 0.173 e. The van der Waals surface area contributed by atoms with Crippen molar-refractivity contribution in [2.75, 3.05) is 6.61 Å². The van der Waals surface area contributed by atoms with Crippen LogP contribution in [0.25, 0.3) is 0 Å². The van der Waals surface area contributed by atoms with E-state index in [9.17, 15) is 9.59 Å². The molecule has 0 bridgehead atoms. The number of benzene rings is 2. The lowest BCUT2D eigenvalue weighted by atomic mass is 9.89. The summed E-state index contributed by atoms with van der Waals surface area (Å²) in [4.78, 5) is 24.9. The largest absolute Gasteiger partial charge is 0.492 e. The van der Waals surface area contributed by atoms with E-state index < -0.39 is 5.92 Å². The Morgan fingerprint density at radius 2 is 1.77 bits per heavy atom. The van der Waals surface area contributed by atoms with Crippen LogP contribution in [0.1, 0.15) is 38.3 Å². The number of hydrogen-bond acceptors (Lipinski definition) is 3. The molecule has 0 N–H and O–H groups in total. The molecule has 1 heterocycles. The molecule has 3 rings (SSSR count). The Balaban J connectivity index is 1.78. The number of Topliss-reactive ketones (excluding diaryl/α,β-unsaturated/α-hetero) is 2. The molecule has 0 amide bonds. The minimum Gasteiger partial charge on any atom is -0.492 e. The van der Waals surface area contributed by atoms with Gasteiger partial charge in [0, 0.05) is 12.0 Å². The topological polar surface area (TPSA) is 43.4 Å². The second-order valence-corrected chi connectivity index (χ2v) is 5.87. The molecular weight excluding hydrogens is 276 g/mol. The van der Waals surface area contributed by atoms with Crippen molar-refractivity contribution >= 4 is 11.6 Å². The molecule has 0 fully saturated rings. The molecule has 0 radical (unpaired) electrons. The number of ketones is 2. The predicted octanol–water partition coefficient (Wildman–Crippen LogP) is 3.77. The van der Waals surface area contributed by atoms with Crippen molar-refractivity contribution in [3.05, 3.63) is 64.7 Å². The van der Waals surface area contributed by atoms with Crippen molar-refractivity contribution in [1.82, 2.24) is 0 Å². The molecule has 0 aliphatic carbocycles. The Morgan fingerprint density at radius 1 is 1.09 bits per heavy atom. The molecule has 1 unspecified atom stereocenters. The van der Waals surface area contributed by atoms with E-state index in [1.165, 1.54) is 0 Å². The maximum absolute atomic E-state index is 12.6. The Morgan fingerprint density at radius 3 is 2.50 bits per heavy atom. The number of ether oxygens (including phenoxy) is 1. The van der Waals surface area contributed by atoms with E-state index in [4.69, 9.17) is 4.74 Å². The third-order valence-corrected chi connectivity index (χ3v) is 4.02. The standard InChI is InChI=1S/C19H18O3/c1-12-3-6-14(7-4-12)17(20)10-15-11-22-18-8-5-13(2)9-16(18)19(15)21/h3-9,15H,10-11H2,1-2H3. The number of carbonyl (C=O) groups is 2. The molecular formula is C19H18O3. The molecule has 3 heteroatoms. The molecule has 1 aliphatic rings. The lowest BCUT2D eigenvalue weighted by Crippen LogP contribution is -2.30. The van der Waals surface area contributed by atoms with Gasteiger partial charge in [-0.05, 0) is 26.0 Å². The van der Waals surface area contributed by atoms with Crippen LogP contribution in [0.15, 0.2) is 42.5 Å². The number of hydrogen-bond donors (Lipinski definition) is 0.